The average molecular weight is 351 g/mol. The first-order valence-corrected chi connectivity index (χ1v) is 9.86. The van der Waals surface area contributed by atoms with Crippen LogP contribution in [0.2, 0.25) is 0 Å². The Morgan fingerprint density at radius 1 is 1.04 bits per heavy atom. The van der Waals surface area contributed by atoms with Crippen molar-refractivity contribution in [3.8, 4) is 5.75 Å². The molecule has 1 aliphatic rings. The van der Waals surface area contributed by atoms with E-state index < -0.39 is 0 Å². The predicted octanol–water partition coefficient (Wildman–Crippen LogP) is 5.24. The second kappa shape index (κ2) is 8.88. The summed E-state index contributed by atoms with van der Waals surface area (Å²) in [6, 6.07) is 14.2. The summed E-state index contributed by atoms with van der Waals surface area (Å²) < 4.78 is 5.58. The lowest BCUT2D eigenvalue weighted by Crippen LogP contribution is -2.28. The third-order valence-electron chi connectivity index (χ3n) is 5.08. The van der Waals surface area contributed by atoms with Crippen LogP contribution in [0.25, 0.3) is 0 Å². The van der Waals surface area contributed by atoms with E-state index in [-0.39, 0.29) is 11.9 Å². The van der Waals surface area contributed by atoms with Gasteiger partial charge in [-0.2, -0.15) is 0 Å². The summed E-state index contributed by atoms with van der Waals surface area (Å²) in [6.07, 6.45) is 6.76. The quantitative estimate of drug-likeness (QED) is 0.741. The van der Waals surface area contributed by atoms with Crippen molar-refractivity contribution in [1.29, 1.82) is 0 Å². The number of nitrogens with one attached hydrogen (secondary N) is 1. The topological polar surface area (TPSA) is 38.3 Å². The molecule has 3 nitrogen and oxygen atoms in total. The smallest absolute Gasteiger partial charge is 0.251 e. The van der Waals surface area contributed by atoms with E-state index in [0.717, 1.165) is 25.0 Å². The Morgan fingerprint density at radius 3 is 2.46 bits per heavy atom. The summed E-state index contributed by atoms with van der Waals surface area (Å²) in [4.78, 5) is 12.6. The van der Waals surface area contributed by atoms with Gasteiger partial charge in [0.15, 0.2) is 0 Å². The molecule has 0 aromatic heterocycles. The van der Waals surface area contributed by atoms with Crippen molar-refractivity contribution in [1.82, 2.24) is 5.32 Å². The Morgan fingerprint density at radius 2 is 1.77 bits per heavy atom. The lowest BCUT2D eigenvalue weighted by molar-refractivity contribution is 0.0935. The number of benzene rings is 2. The molecule has 0 aliphatic heterocycles. The Kier molecular flexibility index (Phi) is 6.32. The summed E-state index contributed by atoms with van der Waals surface area (Å²) in [5.74, 6) is 0.779. The van der Waals surface area contributed by atoms with Gasteiger partial charge in [-0.3, -0.25) is 4.79 Å². The molecule has 3 rings (SSSR count). The van der Waals surface area contributed by atoms with E-state index >= 15 is 0 Å². The summed E-state index contributed by atoms with van der Waals surface area (Å²) in [6.45, 7) is 4.89. The first-order chi connectivity index (χ1) is 12.7. The van der Waals surface area contributed by atoms with Crippen LogP contribution in [0.1, 0.15) is 72.6 Å². The molecule has 0 unspecified atom stereocenters. The van der Waals surface area contributed by atoms with E-state index in [4.69, 9.17) is 4.74 Å². The lowest BCUT2D eigenvalue weighted by atomic mass is 9.88. The first kappa shape index (κ1) is 18.5. The van der Waals surface area contributed by atoms with Crippen LogP contribution < -0.4 is 10.1 Å². The van der Waals surface area contributed by atoms with Crippen LogP contribution in [0.5, 0.6) is 5.75 Å². The molecule has 0 bridgehead atoms. The van der Waals surface area contributed by atoms with Gasteiger partial charge in [0.05, 0.1) is 12.6 Å². The maximum Gasteiger partial charge on any atom is 0.251 e. The third kappa shape index (κ3) is 4.46. The fourth-order valence-corrected chi connectivity index (χ4v) is 3.56. The first-order valence-electron chi connectivity index (χ1n) is 9.86. The Bertz CT molecular complexity index is 736. The SMILES string of the molecule is CCCOc1ccc(C(=O)N[C@@H](CC)c2ccc3c(c2)CCCC3)cc1. The number of hydrogen-bond donors (Lipinski definition) is 1. The van der Waals surface area contributed by atoms with Gasteiger partial charge in [-0.1, -0.05) is 32.0 Å². The number of ether oxygens (including phenoxy) is 1. The van der Waals surface area contributed by atoms with Gasteiger partial charge >= 0.3 is 0 Å². The predicted molar refractivity (Wildman–Crippen MR) is 106 cm³/mol. The van der Waals surface area contributed by atoms with Gasteiger partial charge in [0.1, 0.15) is 5.75 Å². The normalized spacial score (nSPS) is 14.4. The van der Waals surface area contributed by atoms with Crippen LogP contribution in [0, 0.1) is 0 Å². The minimum atomic E-state index is -0.0309. The number of hydrogen-bond acceptors (Lipinski definition) is 2. The molecule has 0 saturated heterocycles. The van der Waals surface area contributed by atoms with Gasteiger partial charge in [-0.25, -0.2) is 0 Å². The largest absolute Gasteiger partial charge is 0.494 e. The van der Waals surface area contributed by atoms with Crippen LogP contribution in [0.3, 0.4) is 0 Å². The van der Waals surface area contributed by atoms with Crippen molar-refractivity contribution in [3.05, 3.63) is 64.7 Å². The van der Waals surface area contributed by atoms with Crippen molar-refractivity contribution in [3.63, 3.8) is 0 Å². The van der Waals surface area contributed by atoms with E-state index in [1.807, 2.05) is 24.3 Å². The zero-order chi connectivity index (χ0) is 18.4. The molecular formula is C23H29NO2. The van der Waals surface area contributed by atoms with Crippen LogP contribution >= 0.6 is 0 Å². The van der Waals surface area contributed by atoms with Gasteiger partial charge in [0.25, 0.3) is 5.91 Å². The van der Waals surface area contributed by atoms with Crippen molar-refractivity contribution < 1.29 is 9.53 Å². The molecule has 0 spiro atoms. The Labute approximate surface area is 156 Å². The highest BCUT2D eigenvalue weighted by atomic mass is 16.5. The second-order valence-corrected chi connectivity index (χ2v) is 7.04. The van der Waals surface area contributed by atoms with Crippen LogP contribution in [0.15, 0.2) is 42.5 Å². The molecule has 1 N–H and O–H groups in total. The van der Waals surface area contributed by atoms with Crippen molar-refractivity contribution >= 4 is 5.91 Å². The van der Waals surface area contributed by atoms with Crippen LogP contribution in [0.4, 0.5) is 0 Å². The number of carbonyl (C=O) groups is 1. The molecule has 1 aliphatic carbocycles. The van der Waals surface area contributed by atoms with E-state index in [1.54, 1.807) is 0 Å². The third-order valence-corrected chi connectivity index (χ3v) is 5.08. The lowest BCUT2D eigenvalue weighted by Gasteiger charge is -2.22. The number of rotatable bonds is 7. The molecule has 2 aromatic carbocycles. The zero-order valence-electron chi connectivity index (χ0n) is 15.9. The number of aryl methyl sites for hydroxylation is 2. The summed E-state index contributed by atoms with van der Waals surface area (Å²) in [7, 11) is 0. The molecule has 2 aromatic rings. The standard InChI is InChI=1S/C23H29NO2/c1-3-15-26-21-13-11-18(12-14-21)23(25)24-22(4-2)20-10-9-17-7-5-6-8-19(17)16-20/h9-14,16,22H,3-8,15H2,1-2H3,(H,24,25)/t22-/m0/s1. The summed E-state index contributed by atoms with van der Waals surface area (Å²) in [5.41, 5.74) is 4.82. The van der Waals surface area contributed by atoms with Gasteiger partial charge in [0.2, 0.25) is 0 Å². The maximum atomic E-state index is 12.6. The fourth-order valence-electron chi connectivity index (χ4n) is 3.56. The van der Waals surface area contributed by atoms with Crippen LogP contribution in [-0.4, -0.2) is 12.5 Å². The van der Waals surface area contributed by atoms with Crippen molar-refractivity contribution in [2.45, 2.75) is 58.4 Å². The molecule has 0 fully saturated rings. The van der Waals surface area contributed by atoms with E-state index in [1.165, 1.54) is 36.0 Å². The molecule has 3 heteroatoms. The molecule has 1 atom stereocenters. The minimum Gasteiger partial charge on any atom is -0.494 e. The average Bonchev–Trinajstić information content (AvgIpc) is 2.70. The van der Waals surface area contributed by atoms with Crippen molar-refractivity contribution in [2.24, 2.45) is 0 Å². The molecule has 138 valence electrons. The highest BCUT2D eigenvalue weighted by Crippen LogP contribution is 2.26. The number of fused-ring (bicyclic) bond motifs is 1. The number of amides is 1. The molecular weight excluding hydrogens is 322 g/mol. The highest BCUT2D eigenvalue weighted by Gasteiger charge is 2.17. The second-order valence-electron chi connectivity index (χ2n) is 7.04. The summed E-state index contributed by atoms with van der Waals surface area (Å²) in [5, 5.41) is 3.19. The monoisotopic (exact) mass is 351 g/mol. The minimum absolute atomic E-state index is 0.0309. The molecule has 0 saturated carbocycles. The van der Waals surface area contributed by atoms with E-state index in [9.17, 15) is 4.79 Å². The molecule has 26 heavy (non-hydrogen) atoms. The van der Waals surface area contributed by atoms with Crippen molar-refractivity contribution in [2.75, 3.05) is 6.61 Å². The van der Waals surface area contributed by atoms with Gasteiger partial charge in [-0.15, -0.1) is 0 Å². The molecule has 1 amide bonds. The van der Waals surface area contributed by atoms with Gasteiger partial charge < -0.3 is 10.1 Å². The Balaban J connectivity index is 1.68. The van der Waals surface area contributed by atoms with E-state index in [0.29, 0.717) is 12.2 Å². The molecule has 0 radical (unpaired) electrons. The van der Waals surface area contributed by atoms with Crippen LogP contribution in [-0.2, 0) is 12.8 Å². The van der Waals surface area contributed by atoms with Gasteiger partial charge in [0, 0.05) is 5.56 Å². The zero-order valence-corrected chi connectivity index (χ0v) is 15.9. The maximum absolute atomic E-state index is 12.6. The fraction of sp³-hybridized carbons (Fsp3) is 0.435. The van der Waals surface area contributed by atoms with Gasteiger partial charge in [-0.05, 0) is 79.5 Å². The number of carbonyl (C=O) groups excluding carboxylic acids is 1. The van der Waals surface area contributed by atoms with E-state index in [2.05, 4.69) is 37.4 Å². The highest BCUT2D eigenvalue weighted by molar-refractivity contribution is 5.94. The Hall–Kier alpha value is -2.29. The molecule has 0 heterocycles. The summed E-state index contributed by atoms with van der Waals surface area (Å²) >= 11 is 0.